The Morgan fingerprint density at radius 1 is 0.440 bits per heavy atom. The van der Waals surface area contributed by atoms with Gasteiger partial charge in [0.15, 0.2) is 0 Å². The number of hydrogen-bond acceptors (Lipinski definition) is 16. The summed E-state index contributed by atoms with van der Waals surface area (Å²) in [6.45, 7) is 8.75. The lowest BCUT2D eigenvalue weighted by molar-refractivity contribution is -0.137. The SMILES string of the molecule is COc1ccc(Cc2sc3c(c2C(=O)N[C@@H](C)c2ccc(C(=O)O)cc2)CCOC3)cc1.Cc1ccc(C2(NC(=O)c3c(Cc4ccc(F)cc4)sc4c3CCOC4)CC2)cc1.O=C(O)c1ccc(CNC(=O)c2c(Cc3ccc(F)cc3)sc3c2CCOC3)cc1.O=C(O)c1ccc(CNC(=O)c2c(Cc3cccc(C(F)(F)F)c3)sc3c2CCOC3)cc1. The molecule has 0 bridgehead atoms. The predicted molar refractivity (Wildman–Crippen MR) is 467 cm³/mol. The third-order valence-electron chi connectivity index (χ3n) is 22.2. The second kappa shape index (κ2) is 40.4. The maximum atomic E-state index is 13.5. The molecule has 0 spiro atoms. The minimum Gasteiger partial charge on any atom is -0.497 e. The molecule has 646 valence electrons. The van der Waals surface area contributed by atoms with E-state index in [0.717, 1.165) is 144 Å². The van der Waals surface area contributed by atoms with Crippen molar-refractivity contribution >= 4 is 86.9 Å². The number of carbonyl (C=O) groups is 7. The summed E-state index contributed by atoms with van der Waals surface area (Å²) in [6.07, 6.45) is 2.25. The molecule has 4 amide bonds. The first-order chi connectivity index (χ1) is 60.2. The second-order valence-electron chi connectivity index (χ2n) is 30.8. The quantitative estimate of drug-likeness (QED) is 0.0277. The minimum atomic E-state index is -4.44. The molecule has 1 saturated carbocycles. The number of fused-ring (bicyclic) bond motifs is 4. The first-order valence-electron chi connectivity index (χ1n) is 40.6. The number of nitrogens with one attached hydrogen (secondary N) is 4. The van der Waals surface area contributed by atoms with E-state index in [1.54, 1.807) is 120 Å². The van der Waals surface area contributed by atoms with E-state index in [2.05, 4.69) is 52.5 Å². The molecule has 0 unspecified atom stereocenters. The van der Waals surface area contributed by atoms with Gasteiger partial charge in [-0.25, -0.2) is 23.2 Å². The average Bonchev–Trinajstić information content (AvgIpc) is 1.59. The molecule has 4 aromatic heterocycles. The van der Waals surface area contributed by atoms with Gasteiger partial charge in [0, 0.05) is 77.8 Å². The Balaban J connectivity index is 0.000000136. The van der Waals surface area contributed by atoms with Crippen LogP contribution in [0.3, 0.4) is 0 Å². The summed E-state index contributed by atoms with van der Waals surface area (Å²) in [5.41, 5.74) is 14.8. The van der Waals surface area contributed by atoms with E-state index in [1.807, 2.05) is 31.2 Å². The number of thiophene rings is 4. The maximum Gasteiger partial charge on any atom is 0.416 e. The molecule has 0 saturated heterocycles. The number of benzene rings is 8. The van der Waals surface area contributed by atoms with Gasteiger partial charge in [0.1, 0.15) is 17.4 Å². The first-order valence-corrected chi connectivity index (χ1v) is 43.9. The van der Waals surface area contributed by atoms with Crippen LogP contribution in [0.25, 0.3) is 0 Å². The Morgan fingerprint density at radius 3 is 1.16 bits per heavy atom. The van der Waals surface area contributed by atoms with E-state index >= 15 is 0 Å². The molecule has 12 aromatic rings. The van der Waals surface area contributed by atoms with Crippen LogP contribution in [0.1, 0.15) is 215 Å². The van der Waals surface area contributed by atoms with Crippen LogP contribution in [-0.2, 0) is 122 Å². The monoisotopic (exact) mass is 1770 g/mol. The molecule has 125 heavy (non-hydrogen) atoms. The van der Waals surface area contributed by atoms with E-state index < -0.39 is 29.6 Å². The van der Waals surface area contributed by atoms with E-state index in [9.17, 15) is 55.5 Å². The maximum absolute atomic E-state index is 13.5. The highest BCUT2D eigenvalue weighted by molar-refractivity contribution is 7.13. The van der Waals surface area contributed by atoms with Crippen molar-refractivity contribution in [3.05, 3.63) is 362 Å². The Kier molecular flexibility index (Phi) is 28.9. The van der Waals surface area contributed by atoms with Gasteiger partial charge in [0.05, 0.1) is 116 Å². The summed E-state index contributed by atoms with van der Waals surface area (Å²) >= 11 is 6.26. The van der Waals surface area contributed by atoms with Gasteiger partial charge in [0.25, 0.3) is 23.6 Å². The van der Waals surface area contributed by atoms with Crippen molar-refractivity contribution in [1.82, 2.24) is 21.3 Å². The second-order valence-corrected chi connectivity index (χ2v) is 35.6. The number of aryl methyl sites for hydroxylation is 1. The van der Waals surface area contributed by atoms with Crippen molar-refractivity contribution in [3.8, 4) is 5.75 Å². The Hall–Kier alpha value is -11.9. The lowest BCUT2D eigenvalue weighted by atomic mass is 9.98. The van der Waals surface area contributed by atoms with Crippen LogP contribution in [0.15, 0.2) is 194 Å². The van der Waals surface area contributed by atoms with Crippen LogP contribution in [0, 0.1) is 18.6 Å². The summed E-state index contributed by atoms with van der Waals surface area (Å²) < 4.78 is 93.5. The van der Waals surface area contributed by atoms with Crippen molar-refractivity contribution in [2.45, 2.75) is 135 Å². The van der Waals surface area contributed by atoms with E-state index in [-0.39, 0.29) is 76.5 Å². The number of carboxylic acids is 3. The predicted octanol–water partition coefficient (Wildman–Crippen LogP) is 19.1. The van der Waals surface area contributed by atoms with Gasteiger partial charge in [-0.3, -0.25) is 19.2 Å². The summed E-state index contributed by atoms with van der Waals surface area (Å²) in [5.74, 6) is -3.29. The highest BCUT2D eigenvalue weighted by atomic mass is 32.1. The smallest absolute Gasteiger partial charge is 0.416 e. The van der Waals surface area contributed by atoms with Crippen LogP contribution in [0.4, 0.5) is 22.0 Å². The van der Waals surface area contributed by atoms with Gasteiger partial charge in [-0.1, -0.05) is 121 Å². The third-order valence-corrected chi connectivity index (χ3v) is 27.0. The largest absolute Gasteiger partial charge is 0.497 e. The van der Waals surface area contributed by atoms with Gasteiger partial charge >= 0.3 is 24.1 Å². The molecule has 19 nitrogen and oxygen atoms in total. The zero-order chi connectivity index (χ0) is 88.1. The Labute approximate surface area is 734 Å². The number of halogens is 5. The zero-order valence-corrected chi connectivity index (χ0v) is 71.7. The number of ether oxygens (including phenoxy) is 5. The number of amides is 4. The average molecular weight is 1770 g/mol. The molecule has 4 aliphatic heterocycles. The molecular formula is C97H89F5N4O15S4. The third kappa shape index (κ3) is 22.5. The number of alkyl halides is 3. The lowest BCUT2D eigenvalue weighted by Gasteiger charge is -2.20. The van der Waals surface area contributed by atoms with Gasteiger partial charge in [0.2, 0.25) is 0 Å². The summed E-state index contributed by atoms with van der Waals surface area (Å²) in [7, 11) is 1.64. The van der Waals surface area contributed by atoms with Crippen LogP contribution in [0.2, 0.25) is 0 Å². The Bertz CT molecular complexity index is 5910. The van der Waals surface area contributed by atoms with E-state index in [4.69, 9.17) is 39.0 Å². The van der Waals surface area contributed by atoms with Crippen molar-refractivity contribution < 1.29 is 94.5 Å². The summed E-state index contributed by atoms with van der Waals surface area (Å²) in [5, 5.41) is 39.4. The highest BCUT2D eigenvalue weighted by Crippen LogP contribution is 2.47. The van der Waals surface area contributed by atoms with Crippen molar-refractivity contribution in [3.63, 3.8) is 0 Å². The molecular weight excluding hydrogens is 1680 g/mol. The van der Waals surface area contributed by atoms with Gasteiger partial charge < -0.3 is 60.3 Å². The Morgan fingerprint density at radius 2 is 0.792 bits per heavy atom. The molecule has 8 aromatic carbocycles. The van der Waals surface area contributed by atoms with Gasteiger partial charge in [-0.05, 0) is 198 Å². The molecule has 0 radical (unpaired) electrons. The first kappa shape index (κ1) is 89.4. The van der Waals surface area contributed by atoms with E-state index in [0.29, 0.717) is 113 Å². The van der Waals surface area contributed by atoms with Crippen LogP contribution < -0.4 is 26.0 Å². The van der Waals surface area contributed by atoms with Gasteiger partial charge in [-0.2, -0.15) is 13.2 Å². The minimum absolute atomic E-state index is 0.00425. The molecule has 28 heteroatoms. The lowest BCUT2D eigenvalue weighted by Crippen LogP contribution is -2.35. The zero-order valence-electron chi connectivity index (χ0n) is 68.5. The van der Waals surface area contributed by atoms with Crippen molar-refractivity contribution in [2.75, 3.05) is 33.5 Å². The fourth-order valence-corrected chi connectivity index (χ4v) is 20.7. The topological polar surface area (TPSA) is 274 Å². The molecule has 17 rings (SSSR count). The molecule has 1 aliphatic carbocycles. The summed E-state index contributed by atoms with van der Waals surface area (Å²) in [6, 6.07) is 53.3. The van der Waals surface area contributed by atoms with Crippen molar-refractivity contribution in [1.29, 1.82) is 0 Å². The fourth-order valence-electron chi connectivity index (χ4n) is 15.4. The van der Waals surface area contributed by atoms with E-state index in [1.165, 1.54) is 77.1 Å². The number of methoxy groups -OCH3 is 1. The highest BCUT2D eigenvalue weighted by Gasteiger charge is 2.47. The normalized spacial score (nSPS) is 14.2. The fraction of sp³-hybridized carbons (Fsp3) is 0.268. The number of carboxylic acid groups (broad SMARTS) is 3. The van der Waals surface area contributed by atoms with Crippen molar-refractivity contribution in [2.24, 2.45) is 0 Å². The number of aromatic carboxylic acids is 3. The number of carbonyl (C=O) groups excluding carboxylic acids is 4. The van der Waals surface area contributed by atoms with Crippen LogP contribution >= 0.6 is 45.3 Å². The molecule has 7 N–H and O–H groups in total. The number of rotatable bonds is 24. The van der Waals surface area contributed by atoms with Crippen LogP contribution in [0.5, 0.6) is 5.75 Å². The molecule has 1 atom stereocenters. The number of hydrogen-bond donors (Lipinski definition) is 7. The standard InChI is InChI=1S/C25H24FNO2S.C25H25NO5S.C24H20F3NO4S.C23H20FNO4S/c1-16-2-6-18(7-3-16)25(11-12-25)27-24(28)23-20-10-13-29-15-22(20)30-21(23)14-17-4-8-19(26)9-5-17;1-15(17-5-7-18(8-6-17)25(28)29)26-24(27)23-20-11-12-31-14-22(20)32-21(23)13-16-3-9-19(30-2)10-4-16;25-24(26,27)17-3-1-2-15(10-17)11-19-21(18-8-9-32-13-20(18)33-19)22(29)28-12-14-4-6-16(7-5-14)23(30)31;24-17-7-3-14(4-8-17)11-19-21(18-9-10-29-13-20(18)30-19)22(26)25-12-15-1-5-16(6-2-15)23(27)28/h2-9H,10-15H2,1H3,(H,27,28);3-10,15H,11-14H2,1-2H3,(H,26,27)(H,28,29);1-7,10H,8-9,11-13H2,(H,28,29)(H,30,31);1-8H,9-13H2,(H,25,26)(H,27,28)/t;15-;;/m.0../s1. The summed E-state index contributed by atoms with van der Waals surface area (Å²) in [4.78, 5) is 94.2. The van der Waals surface area contributed by atoms with Crippen LogP contribution in [-0.4, -0.2) is 90.4 Å². The molecule has 5 aliphatic rings. The van der Waals surface area contributed by atoms with Gasteiger partial charge in [-0.15, -0.1) is 45.3 Å². The molecule has 8 heterocycles. The molecule has 1 fully saturated rings.